The molecule has 0 N–H and O–H groups in total. The highest BCUT2D eigenvalue weighted by atomic mass is 14.0. The Bertz CT molecular complexity index is 748. The minimum Gasteiger partial charge on any atom is -0.120 e. The second-order valence-corrected chi connectivity index (χ2v) is 9.97. The van der Waals surface area contributed by atoms with E-state index in [4.69, 9.17) is 6.42 Å². The fourth-order valence-electron chi connectivity index (χ4n) is 3.69. The van der Waals surface area contributed by atoms with Crippen molar-refractivity contribution in [3.63, 3.8) is 0 Å². The van der Waals surface area contributed by atoms with Crippen LogP contribution >= 0.6 is 0 Å². The number of hydrogen-bond acceptors (Lipinski definition) is 0. The monoisotopic (exact) mass is 448 g/mol. The molecule has 0 amide bonds. The van der Waals surface area contributed by atoms with Crippen molar-refractivity contribution in [2.24, 2.45) is 0 Å². The molecule has 0 bridgehead atoms. The summed E-state index contributed by atoms with van der Waals surface area (Å²) >= 11 is 0. The minimum atomic E-state index is 0.849. The fourth-order valence-corrected chi connectivity index (χ4v) is 3.69. The Hall–Kier alpha value is -2.00. The molecule has 0 aliphatic carbocycles. The lowest BCUT2D eigenvalue weighted by molar-refractivity contribution is 0.885. The average Bonchev–Trinajstić information content (AvgIpc) is 2.73. The summed E-state index contributed by atoms with van der Waals surface area (Å²) in [7, 11) is 0. The Kier molecular flexibility index (Phi) is 19.3. The molecule has 0 radical (unpaired) electrons. The van der Waals surface area contributed by atoms with E-state index in [0.29, 0.717) is 0 Å². The molecular formula is C33H52. The highest BCUT2D eigenvalue weighted by Gasteiger charge is 1.95. The van der Waals surface area contributed by atoms with Crippen LogP contribution in [0.4, 0.5) is 0 Å². The van der Waals surface area contributed by atoms with Gasteiger partial charge in [-0.05, 0) is 119 Å². The molecule has 0 fully saturated rings. The normalized spacial score (nSPS) is 13.8. The van der Waals surface area contributed by atoms with E-state index in [1.165, 1.54) is 72.0 Å². The first-order valence-corrected chi connectivity index (χ1v) is 13.1. The van der Waals surface area contributed by atoms with Crippen molar-refractivity contribution in [3.8, 4) is 12.3 Å². The highest BCUT2D eigenvalue weighted by Crippen LogP contribution is 2.15. The van der Waals surface area contributed by atoms with Gasteiger partial charge in [-0.25, -0.2) is 0 Å². The van der Waals surface area contributed by atoms with Crippen molar-refractivity contribution in [2.45, 2.75) is 126 Å². The molecule has 0 unspecified atom stereocenters. The second kappa shape index (κ2) is 20.6. The summed E-state index contributed by atoms with van der Waals surface area (Å²) in [5.74, 6) is 2.70. The molecule has 0 spiro atoms. The van der Waals surface area contributed by atoms with Crippen LogP contribution in [-0.2, 0) is 0 Å². The Balaban J connectivity index is 4.11. The summed E-state index contributed by atoms with van der Waals surface area (Å²) in [4.78, 5) is 0. The van der Waals surface area contributed by atoms with E-state index in [9.17, 15) is 0 Å². The van der Waals surface area contributed by atoms with Crippen molar-refractivity contribution < 1.29 is 0 Å². The maximum Gasteiger partial charge on any atom is 0.0121 e. The van der Waals surface area contributed by atoms with Crippen LogP contribution in [0, 0.1) is 12.3 Å². The molecule has 0 atom stereocenters. The molecule has 0 nitrogen and oxygen atoms in total. The van der Waals surface area contributed by atoms with E-state index >= 15 is 0 Å². The summed E-state index contributed by atoms with van der Waals surface area (Å²) in [6.07, 6.45) is 33.2. The lowest BCUT2D eigenvalue weighted by Gasteiger charge is -2.04. The van der Waals surface area contributed by atoms with E-state index in [0.717, 1.165) is 38.5 Å². The number of hydrogen-bond donors (Lipinski definition) is 0. The van der Waals surface area contributed by atoms with Crippen molar-refractivity contribution in [2.75, 3.05) is 0 Å². The second-order valence-electron chi connectivity index (χ2n) is 9.97. The average molecular weight is 449 g/mol. The molecule has 33 heavy (non-hydrogen) atoms. The summed E-state index contributed by atoms with van der Waals surface area (Å²) in [6.45, 7) is 15.7. The van der Waals surface area contributed by atoms with Gasteiger partial charge in [-0.3, -0.25) is 0 Å². The molecule has 184 valence electrons. The Labute approximate surface area is 207 Å². The molecule has 0 saturated heterocycles. The summed E-state index contributed by atoms with van der Waals surface area (Å²) in [5.41, 5.74) is 8.96. The zero-order valence-electron chi connectivity index (χ0n) is 23.0. The van der Waals surface area contributed by atoms with Crippen LogP contribution in [0.5, 0.6) is 0 Å². The largest absolute Gasteiger partial charge is 0.120 e. The minimum absolute atomic E-state index is 0.849. The van der Waals surface area contributed by atoms with Crippen molar-refractivity contribution in [3.05, 3.63) is 69.9 Å². The van der Waals surface area contributed by atoms with Crippen molar-refractivity contribution in [1.29, 1.82) is 0 Å². The van der Waals surface area contributed by atoms with E-state index in [1.54, 1.807) is 0 Å². The lowest BCUT2D eigenvalue weighted by Crippen LogP contribution is -1.83. The van der Waals surface area contributed by atoms with Gasteiger partial charge >= 0.3 is 0 Å². The van der Waals surface area contributed by atoms with E-state index in [1.807, 2.05) is 0 Å². The molecular weight excluding hydrogens is 396 g/mol. The number of unbranched alkanes of at least 4 members (excludes halogenated alkanes) is 1. The van der Waals surface area contributed by atoms with Crippen LogP contribution in [0.2, 0.25) is 0 Å². The van der Waals surface area contributed by atoms with E-state index in [-0.39, 0.29) is 0 Å². The molecule has 0 aromatic carbocycles. The molecule has 0 aromatic rings. The molecule has 0 aliphatic heterocycles. The Morgan fingerprint density at radius 2 is 0.727 bits per heavy atom. The zero-order valence-corrected chi connectivity index (χ0v) is 23.0. The molecule has 0 aliphatic rings. The van der Waals surface area contributed by atoms with Crippen LogP contribution in [0.25, 0.3) is 0 Å². The van der Waals surface area contributed by atoms with Gasteiger partial charge < -0.3 is 0 Å². The van der Waals surface area contributed by atoms with Gasteiger partial charge in [0.1, 0.15) is 0 Å². The van der Waals surface area contributed by atoms with Crippen LogP contribution < -0.4 is 0 Å². The zero-order chi connectivity index (χ0) is 24.9. The fraction of sp³-hybridized carbons (Fsp3) is 0.576. The number of rotatable bonds is 17. The summed E-state index contributed by atoms with van der Waals surface area (Å²) in [6, 6.07) is 0. The molecule has 0 heteroatoms. The van der Waals surface area contributed by atoms with Gasteiger partial charge in [-0.1, -0.05) is 69.9 Å². The van der Waals surface area contributed by atoms with Crippen LogP contribution in [0.15, 0.2) is 69.9 Å². The van der Waals surface area contributed by atoms with Gasteiger partial charge in [0.05, 0.1) is 0 Å². The number of terminal acetylenes is 1. The molecule has 0 aromatic heterocycles. The Morgan fingerprint density at radius 3 is 1.00 bits per heavy atom. The summed E-state index contributed by atoms with van der Waals surface area (Å²) in [5, 5.41) is 0. The third-order valence-electron chi connectivity index (χ3n) is 6.00. The summed E-state index contributed by atoms with van der Waals surface area (Å²) < 4.78 is 0. The maximum atomic E-state index is 5.31. The van der Waals surface area contributed by atoms with E-state index in [2.05, 4.69) is 90.8 Å². The highest BCUT2D eigenvalue weighted by molar-refractivity contribution is 5.09. The van der Waals surface area contributed by atoms with Gasteiger partial charge in [-0.15, -0.1) is 12.3 Å². The first-order valence-electron chi connectivity index (χ1n) is 13.1. The topological polar surface area (TPSA) is 0 Å². The van der Waals surface area contributed by atoms with Crippen LogP contribution in [0.3, 0.4) is 0 Å². The van der Waals surface area contributed by atoms with Gasteiger partial charge in [0.25, 0.3) is 0 Å². The Morgan fingerprint density at radius 1 is 0.455 bits per heavy atom. The third kappa shape index (κ3) is 21.6. The molecule has 0 saturated carbocycles. The predicted molar refractivity (Wildman–Crippen MR) is 152 cm³/mol. The van der Waals surface area contributed by atoms with Crippen LogP contribution in [0.1, 0.15) is 126 Å². The van der Waals surface area contributed by atoms with E-state index < -0.39 is 0 Å². The maximum absolute atomic E-state index is 5.31. The van der Waals surface area contributed by atoms with Crippen molar-refractivity contribution in [1.82, 2.24) is 0 Å². The van der Waals surface area contributed by atoms with Gasteiger partial charge in [0, 0.05) is 6.42 Å². The van der Waals surface area contributed by atoms with Crippen LogP contribution in [-0.4, -0.2) is 0 Å². The first-order chi connectivity index (χ1) is 15.7. The third-order valence-corrected chi connectivity index (χ3v) is 6.00. The molecule has 0 heterocycles. The SMILES string of the molecule is C#CCC/C=C(\C)CC/C=C(\C)CC/C=C(\C)CC/C=C(\C)CC/C=C(\C)CCC=C(C)C. The van der Waals surface area contributed by atoms with Gasteiger partial charge in [-0.2, -0.15) is 0 Å². The lowest BCUT2D eigenvalue weighted by atomic mass is 10.0. The molecule has 0 rings (SSSR count). The number of allylic oxidation sites excluding steroid dienone is 12. The first kappa shape index (κ1) is 31.0. The van der Waals surface area contributed by atoms with Gasteiger partial charge in [0.2, 0.25) is 0 Å². The quantitative estimate of drug-likeness (QED) is 0.118. The standard InChI is InChI=1S/C33H52/c1-9-10-11-18-29(4)20-13-22-31(6)24-15-26-33(8)27-16-25-32(7)23-14-21-30(5)19-12-17-28(2)3/h1,17-18,21-22,25-26H,10-16,19-20,23-24,27H2,2-8H3/b29-18+,30-21+,31-22+,32-25+,33-26+. The predicted octanol–water partition coefficient (Wildman–Crippen LogP) is 11.0. The smallest absolute Gasteiger partial charge is 0.0121 e. The van der Waals surface area contributed by atoms with Crippen molar-refractivity contribution >= 4 is 0 Å². The van der Waals surface area contributed by atoms with Gasteiger partial charge in [0.15, 0.2) is 0 Å².